The number of carbonyl (C=O) groups is 3. The first kappa shape index (κ1) is 19.9. The number of benzene rings is 1. The molecular formula is C20H28N2O4. The van der Waals surface area contributed by atoms with E-state index < -0.39 is 11.4 Å². The van der Waals surface area contributed by atoms with Crippen LogP contribution in [0.4, 0.5) is 5.69 Å². The van der Waals surface area contributed by atoms with Gasteiger partial charge in [0.2, 0.25) is 5.91 Å². The highest BCUT2D eigenvalue weighted by Crippen LogP contribution is 2.30. The predicted octanol–water partition coefficient (Wildman–Crippen LogP) is 3.09. The second kappa shape index (κ2) is 8.34. The molecule has 0 atom stereocenters. The number of nitrogens with zero attached hydrogens (tertiary/aromatic N) is 1. The molecule has 2 amide bonds. The first-order chi connectivity index (χ1) is 12.2. The molecule has 0 aliphatic heterocycles. The molecule has 6 nitrogen and oxygen atoms in total. The van der Waals surface area contributed by atoms with Crippen LogP contribution < -0.4 is 5.32 Å². The summed E-state index contributed by atoms with van der Waals surface area (Å²) in [5.41, 5.74) is 0.488. The summed E-state index contributed by atoms with van der Waals surface area (Å²) in [7, 11) is 0. The SMILES string of the molecule is CCOC(=O)CN(CC1CC1)C(=O)c1cccc(NC(=O)C(C)(C)C)c1. The Labute approximate surface area is 154 Å². The largest absolute Gasteiger partial charge is 0.465 e. The fourth-order valence-corrected chi connectivity index (χ4v) is 2.42. The first-order valence-corrected chi connectivity index (χ1v) is 9.07. The molecule has 0 bridgehead atoms. The molecule has 26 heavy (non-hydrogen) atoms. The number of hydrogen-bond acceptors (Lipinski definition) is 4. The number of rotatable bonds is 7. The van der Waals surface area contributed by atoms with Crippen LogP contribution in [0, 0.1) is 11.3 Å². The number of ether oxygens (including phenoxy) is 1. The highest BCUT2D eigenvalue weighted by molar-refractivity contribution is 5.99. The van der Waals surface area contributed by atoms with Gasteiger partial charge in [0.15, 0.2) is 0 Å². The van der Waals surface area contributed by atoms with Gasteiger partial charge in [0.1, 0.15) is 6.54 Å². The monoisotopic (exact) mass is 360 g/mol. The molecule has 0 radical (unpaired) electrons. The van der Waals surface area contributed by atoms with Crippen LogP contribution in [0.2, 0.25) is 0 Å². The van der Waals surface area contributed by atoms with Gasteiger partial charge in [-0.25, -0.2) is 0 Å². The fraction of sp³-hybridized carbons (Fsp3) is 0.550. The molecule has 1 aromatic carbocycles. The molecule has 6 heteroatoms. The van der Waals surface area contributed by atoms with Crippen molar-refractivity contribution in [3.8, 4) is 0 Å². The number of amides is 2. The molecule has 1 aromatic rings. The summed E-state index contributed by atoms with van der Waals surface area (Å²) in [5, 5.41) is 2.83. The highest BCUT2D eigenvalue weighted by atomic mass is 16.5. The third-order valence-electron chi connectivity index (χ3n) is 4.14. The molecule has 1 aliphatic rings. The van der Waals surface area contributed by atoms with Crippen molar-refractivity contribution in [1.82, 2.24) is 4.90 Å². The zero-order chi connectivity index (χ0) is 19.3. The van der Waals surface area contributed by atoms with E-state index in [0.717, 1.165) is 12.8 Å². The Morgan fingerprint density at radius 2 is 1.92 bits per heavy atom. The second-order valence-electron chi connectivity index (χ2n) is 7.72. The van der Waals surface area contributed by atoms with Crippen molar-refractivity contribution >= 4 is 23.5 Å². The third-order valence-corrected chi connectivity index (χ3v) is 4.14. The minimum Gasteiger partial charge on any atom is -0.465 e. The van der Waals surface area contributed by atoms with Gasteiger partial charge >= 0.3 is 5.97 Å². The summed E-state index contributed by atoms with van der Waals surface area (Å²) in [4.78, 5) is 38.4. The van der Waals surface area contributed by atoms with Gasteiger partial charge in [-0.05, 0) is 43.9 Å². The first-order valence-electron chi connectivity index (χ1n) is 9.07. The summed E-state index contributed by atoms with van der Waals surface area (Å²) >= 11 is 0. The van der Waals surface area contributed by atoms with E-state index in [2.05, 4.69) is 5.32 Å². The Morgan fingerprint density at radius 3 is 2.50 bits per heavy atom. The summed E-state index contributed by atoms with van der Waals surface area (Å²) in [6.07, 6.45) is 2.16. The van der Waals surface area contributed by atoms with Crippen molar-refractivity contribution in [2.24, 2.45) is 11.3 Å². The lowest BCUT2D eigenvalue weighted by molar-refractivity contribution is -0.143. The van der Waals surface area contributed by atoms with Crippen molar-refractivity contribution in [3.05, 3.63) is 29.8 Å². The lowest BCUT2D eigenvalue weighted by atomic mass is 9.95. The van der Waals surface area contributed by atoms with Gasteiger partial charge in [-0.2, -0.15) is 0 Å². The van der Waals surface area contributed by atoms with Crippen molar-refractivity contribution < 1.29 is 19.1 Å². The Balaban J connectivity index is 2.13. The second-order valence-corrected chi connectivity index (χ2v) is 7.72. The van der Waals surface area contributed by atoms with Crippen LogP contribution in [-0.2, 0) is 14.3 Å². The maximum atomic E-state index is 12.9. The Bertz CT molecular complexity index is 675. The van der Waals surface area contributed by atoms with E-state index in [4.69, 9.17) is 4.74 Å². The van der Waals surface area contributed by atoms with Crippen LogP contribution in [-0.4, -0.2) is 42.4 Å². The number of carbonyl (C=O) groups excluding carboxylic acids is 3. The molecule has 0 unspecified atom stereocenters. The highest BCUT2D eigenvalue weighted by Gasteiger charge is 2.29. The molecule has 1 aliphatic carbocycles. The van der Waals surface area contributed by atoms with Crippen molar-refractivity contribution in [3.63, 3.8) is 0 Å². The van der Waals surface area contributed by atoms with Gasteiger partial charge in [0.05, 0.1) is 6.61 Å². The van der Waals surface area contributed by atoms with Gasteiger partial charge in [0.25, 0.3) is 5.91 Å². The van der Waals surface area contributed by atoms with Crippen LogP contribution in [0.3, 0.4) is 0 Å². The number of anilines is 1. The summed E-state index contributed by atoms with van der Waals surface area (Å²) < 4.78 is 4.98. The molecular weight excluding hydrogens is 332 g/mol. The zero-order valence-electron chi connectivity index (χ0n) is 16.0. The smallest absolute Gasteiger partial charge is 0.325 e. The normalized spacial score (nSPS) is 13.8. The van der Waals surface area contributed by atoms with Crippen LogP contribution in [0.25, 0.3) is 0 Å². The van der Waals surface area contributed by atoms with Crippen LogP contribution >= 0.6 is 0 Å². The Hall–Kier alpha value is -2.37. The lowest BCUT2D eigenvalue weighted by Crippen LogP contribution is -2.38. The topological polar surface area (TPSA) is 75.7 Å². The molecule has 1 N–H and O–H groups in total. The van der Waals surface area contributed by atoms with Crippen molar-refractivity contribution in [2.75, 3.05) is 25.0 Å². The molecule has 1 saturated carbocycles. The molecule has 0 saturated heterocycles. The van der Waals surface area contributed by atoms with Gasteiger partial charge in [0, 0.05) is 23.2 Å². The quantitative estimate of drug-likeness (QED) is 0.758. The zero-order valence-corrected chi connectivity index (χ0v) is 16.0. The van der Waals surface area contributed by atoms with E-state index in [9.17, 15) is 14.4 Å². The summed E-state index contributed by atoms with van der Waals surface area (Å²) in [6, 6.07) is 6.82. The van der Waals surface area contributed by atoms with E-state index >= 15 is 0 Å². The van der Waals surface area contributed by atoms with E-state index in [1.165, 1.54) is 0 Å². The third kappa shape index (κ3) is 5.86. The minimum absolute atomic E-state index is 0.0538. The molecule has 0 aromatic heterocycles. The van der Waals surface area contributed by atoms with Gasteiger partial charge in [-0.1, -0.05) is 26.8 Å². The van der Waals surface area contributed by atoms with E-state index in [0.29, 0.717) is 30.3 Å². The van der Waals surface area contributed by atoms with Crippen LogP contribution in [0.5, 0.6) is 0 Å². The molecule has 1 fully saturated rings. The molecule has 0 spiro atoms. The van der Waals surface area contributed by atoms with Gasteiger partial charge < -0.3 is 15.0 Å². The Morgan fingerprint density at radius 1 is 1.23 bits per heavy atom. The van der Waals surface area contributed by atoms with Crippen molar-refractivity contribution in [1.29, 1.82) is 0 Å². The number of esters is 1. The predicted molar refractivity (Wildman–Crippen MR) is 99.8 cm³/mol. The molecule has 0 heterocycles. The standard InChI is InChI=1S/C20H28N2O4/c1-5-26-17(23)13-22(12-14-9-10-14)18(24)15-7-6-8-16(11-15)21-19(25)20(2,3)4/h6-8,11,14H,5,9-10,12-13H2,1-4H3,(H,21,25). The van der Waals surface area contributed by atoms with Crippen LogP contribution in [0.1, 0.15) is 50.9 Å². The summed E-state index contributed by atoms with van der Waals surface area (Å²) in [5.74, 6) is -0.295. The number of hydrogen-bond donors (Lipinski definition) is 1. The van der Waals surface area contributed by atoms with E-state index in [-0.39, 0.29) is 18.4 Å². The minimum atomic E-state index is -0.526. The van der Waals surface area contributed by atoms with Gasteiger partial charge in [-0.3, -0.25) is 14.4 Å². The maximum absolute atomic E-state index is 12.9. The average Bonchev–Trinajstić information content (AvgIpc) is 3.37. The average molecular weight is 360 g/mol. The Kier molecular flexibility index (Phi) is 6.40. The van der Waals surface area contributed by atoms with Gasteiger partial charge in [-0.15, -0.1) is 0 Å². The molecule has 2 rings (SSSR count). The fourth-order valence-electron chi connectivity index (χ4n) is 2.42. The lowest BCUT2D eigenvalue weighted by Gasteiger charge is -2.22. The van der Waals surface area contributed by atoms with E-state index in [1.807, 2.05) is 20.8 Å². The van der Waals surface area contributed by atoms with Crippen LogP contribution in [0.15, 0.2) is 24.3 Å². The van der Waals surface area contributed by atoms with Crippen molar-refractivity contribution in [2.45, 2.75) is 40.5 Å². The summed E-state index contributed by atoms with van der Waals surface area (Å²) in [6.45, 7) is 8.01. The molecule has 142 valence electrons. The van der Waals surface area contributed by atoms with E-state index in [1.54, 1.807) is 36.1 Å². The number of nitrogens with one attached hydrogen (secondary N) is 1. The maximum Gasteiger partial charge on any atom is 0.325 e.